The number of carbonyl (C=O) groups is 1. The van der Waals surface area contributed by atoms with Crippen LogP contribution < -0.4 is 5.73 Å². The predicted octanol–water partition coefficient (Wildman–Crippen LogP) is 1.31. The molecule has 0 fully saturated rings. The van der Waals surface area contributed by atoms with Gasteiger partial charge in [-0.15, -0.1) is 0 Å². The standard InChI is InChI=1S/C14H20N4O/c1-14(2,11-16)13(19)18(8-4-6-15)10-12-5-3-7-17-9-12/h3,5,7,9H,4,8,10-11,16H2,1-2H3. The van der Waals surface area contributed by atoms with E-state index in [0.717, 1.165) is 5.56 Å². The lowest BCUT2D eigenvalue weighted by atomic mass is 9.91. The normalized spacial score (nSPS) is 10.8. The molecule has 2 N–H and O–H groups in total. The molecule has 1 aromatic rings. The van der Waals surface area contributed by atoms with Crippen LogP contribution in [0.2, 0.25) is 0 Å². The van der Waals surface area contributed by atoms with Crippen LogP contribution in [-0.4, -0.2) is 28.9 Å². The molecule has 1 aromatic heterocycles. The van der Waals surface area contributed by atoms with Crippen molar-refractivity contribution in [3.63, 3.8) is 0 Å². The summed E-state index contributed by atoms with van der Waals surface area (Å²) in [7, 11) is 0. The number of hydrogen-bond donors (Lipinski definition) is 1. The van der Waals surface area contributed by atoms with Crippen LogP contribution in [0, 0.1) is 16.7 Å². The second-order valence-corrected chi connectivity index (χ2v) is 5.08. The molecule has 0 aliphatic rings. The molecule has 0 aromatic carbocycles. The SMILES string of the molecule is CC(C)(CN)C(=O)N(CCC#N)Cc1cccnc1. The number of amides is 1. The van der Waals surface area contributed by atoms with Crippen molar-refractivity contribution in [1.82, 2.24) is 9.88 Å². The number of hydrogen-bond acceptors (Lipinski definition) is 4. The predicted molar refractivity (Wildman–Crippen MR) is 72.7 cm³/mol. The Labute approximate surface area is 114 Å². The van der Waals surface area contributed by atoms with Crippen LogP contribution in [0.4, 0.5) is 0 Å². The summed E-state index contributed by atoms with van der Waals surface area (Å²) in [6.07, 6.45) is 3.73. The molecule has 102 valence electrons. The largest absolute Gasteiger partial charge is 0.337 e. The first kappa shape index (κ1) is 15.1. The number of carbonyl (C=O) groups excluding carboxylic acids is 1. The van der Waals surface area contributed by atoms with Gasteiger partial charge < -0.3 is 10.6 Å². The fourth-order valence-electron chi connectivity index (χ4n) is 1.66. The van der Waals surface area contributed by atoms with Crippen molar-refractivity contribution in [2.45, 2.75) is 26.8 Å². The van der Waals surface area contributed by atoms with E-state index < -0.39 is 5.41 Å². The minimum Gasteiger partial charge on any atom is -0.337 e. The Bertz CT molecular complexity index is 450. The molecule has 5 heteroatoms. The van der Waals surface area contributed by atoms with E-state index in [9.17, 15) is 4.79 Å². The summed E-state index contributed by atoms with van der Waals surface area (Å²) in [5.41, 5.74) is 5.97. The van der Waals surface area contributed by atoms with Crippen LogP contribution in [0.15, 0.2) is 24.5 Å². The van der Waals surface area contributed by atoms with E-state index in [1.54, 1.807) is 17.3 Å². The smallest absolute Gasteiger partial charge is 0.229 e. The van der Waals surface area contributed by atoms with Gasteiger partial charge in [0.25, 0.3) is 0 Å². The van der Waals surface area contributed by atoms with E-state index in [2.05, 4.69) is 11.1 Å². The highest BCUT2D eigenvalue weighted by molar-refractivity contribution is 5.82. The molecule has 0 saturated carbocycles. The van der Waals surface area contributed by atoms with Crippen molar-refractivity contribution in [2.24, 2.45) is 11.1 Å². The lowest BCUT2D eigenvalue weighted by Crippen LogP contribution is -2.44. The van der Waals surface area contributed by atoms with Gasteiger partial charge in [0.2, 0.25) is 5.91 Å². The van der Waals surface area contributed by atoms with Crippen LogP contribution in [0.25, 0.3) is 0 Å². The van der Waals surface area contributed by atoms with Crippen LogP contribution in [0.3, 0.4) is 0 Å². The summed E-state index contributed by atoms with van der Waals surface area (Å²) in [5, 5.41) is 8.70. The van der Waals surface area contributed by atoms with Crippen molar-refractivity contribution >= 4 is 5.91 Å². The monoisotopic (exact) mass is 260 g/mol. The highest BCUT2D eigenvalue weighted by Gasteiger charge is 2.30. The second-order valence-electron chi connectivity index (χ2n) is 5.08. The second kappa shape index (κ2) is 6.86. The zero-order valence-corrected chi connectivity index (χ0v) is 11.5. The van der Waals surface area contributed by atoms with E-state index in [1.165, 1.54) is 0 Å². The van der Waals surface area contributed by atoms with Gasteiger partial charge in [-0.1, -0.05) is 6.07 Å². The zero-order chi connectivity index (χ0) is 14.3. The summed E-state index contributed by atoms with van der Waals surface area (Å²) >= 11 is 0. The number of nitrogens with zero attached hydrogens (tertiary/aromatic N) is 3. The molecular formula is C14H20N4O. The van der Waals surface area contributed by atoms with Gasteiger partial charge in [0.15, 0.2) is 0 Å². The molecular weight excluding hydrogens is 240 g/mol. The van der Waals surface area contributed by atoms with E-state index in [-0.39, 0.29) is 12.5 Å². The van der Waals surface area contributed by atoms with Gasteiger partial charge in [0.1, 0.15) is 0 Å². The van der Waals surface area contributed by atoms with E-state index in [0.29, 0.717) is 19.5 Å². The van der Waals surface area contributed by atoms with Gasteiger partial charge in [-0.25, -0.2) is 0 Å². The fraction of sp³-hybridized carbons (Fsp3) is 0.500. The van der Waals surface area contributed by atoms with Gasteiger partial charge in [-0.05, 0) is 25.5 Å². The Morgan fingerprint density at radius 1 is 1.58 bits per heavy atom. The maximum atomic E-state index is 12.4. The minimum absolute atomic E-state index is 0.0332. The van der Waals surface area contributed by atoms with Gasteiger partial charge in [-0.3, -0.25) is 9.78 Å². The number of aromatic nitrogens is 1. The topological polar surface area (TPSA) is 83.0 Å². The first-order chi connectivity index (χ1) is 9.01. The van der Waals surface area contributed by atoms with Gasteiger partial charge >= 0.3 is 0 Å². The van der Waals surface area contributed by atoms with Gasteiger partial charge in [0, 0.05) is 32.0 Å². The number of nitriles is 1. The van der Waals surface area contributed by atoms with Gasteiger partial charge in [-0.2, -0.15) is 5.26 Å². The molecule has 0 atom stereocenters. The third-order valence-electron chi connectivity index (χ3n) is 2.97. The quantitative estimate of drug-likeness (QED) is 0.836. The Hall–Kier alpha value is -1.93. The summed E-state index contributed by atoms with van der Waals surface area (Å²) < 4.78 is 0. The Morgan fingerprint density at radius 2 is 2.32 bits per heavy atom. The van der Waals surface area contributed by atoms with Gasteiger partial charge in [0.05, 0.1) is 17.9 Å². The average Bonchev–Trinajstić information content (AvgIpc) is 2.43. The molecule has 1 amide bonds. The highest BCUT2D eigenvalue weighted by atomic mass is 16.2. The number of pyridine rings is 1. The molecule has 0 unspecified atom stereocenters. The van der Waals surface area contributed by atoms with Crippen molar-refractivity contribution in [3.05, 3.63) is 30.1 Å². The fourth-order valence-corrected chi connectivity index (χ4v) is 1.66. The molecule has 0 radical (unpaired) electrons. The third-order valence-corrected chi connectivity index (χ3v) is 2.97. The maximum absolute atomic E-state index is 12.4. The molecule has 0 aliphatic heterocycles. The van der Waals surface area contributed by atoms with Crippen molar-refractivity contribution in [1.29, 1.82) is 5.26 Å². The summed E-state index contributed by atoms with van der Waals surface area (Å²) in [5.74, 6) is -0.0332. The number of nitrogens with two attached hydrogens (primary N) is 1. The first-order valence-corrected chi connectivity index (χ1v) is 6.26. The summed E-state index contributed by atoms with van der Waals surface area (Å²) in [6.45, 7) is 4.78. The molecule has 0 aliphatic carbocycles. The van der Waals surface area contributed by atoms with E-state index >= 15 is 0 Å². The van der Waals surface area contributed by atoms with Crippen LogP contribution >= 0.6 is 0 Å². The summed E-state index contributed by atoms with van der Waals surface area (Å²) in [6, 6.07) is 5.81. The molecule has 0 saturated heterocycles. The lowest BCUT2D eigenvalue weighted by molar-refractivity contribution is -0.140. The molecule has 0 bridgehead atoms. The molecule has 1 rings (SSSR count). The molecule has 0 spiro atoms. The first-order valence-electron chi connectivity index (χ1n) is 6.26. The molecule has 5 nitrogen and oxygen atoms in total. The Balaban J connectivity index is 2.83. The third kappa shape index (κ3) is 4.34. The van der Waals surface area contributed by atoms with Crippen LogP contribution in [0.1, 0.15) is 25.8 Å². The van der Waals surface area contributed by atoms with Crippen molar-refractivity contribution in [2.75, 3.05) is 13.1 Å². The highest BCUT2D eigenvalue weighted by Crippen LogP contribution is 2.19. The van der Waals surface area contributed by atoms with E-state index in [1.807, 2.05) is 26.0 Å². The van der Waals surface area contributed by atoms with Crippen molar-refractivity contribution < 1.29 is 4.79 Å². The maximum Gasteiger partial charge on any atom is 0.229 e. The Morgan fingerprint density at radius 3 is 2.84 bits per heavy atom. The van der Waals surface area contributed by atoms with Crippen LogP contribution in [0.5, 0.6) is 0 Å². The minimum atomic E-state index is -0.613. The van der Waals surface area contributed by atoms with E-state index in [4.69, 9.17) is 11.0 Å². The molecule has 1 heterocycles. The molecule has 19 heavy (non-hydrogen) atoms. The zero-order valence-electron chi connectivity index (χ0n) is 11.5. The Kier molecular flexibility index (Phi) is 5.46. The lowest BCUT2D eigenvalue weighted by Gasteiger charge is -2.30. The number of rotatable bonds is 6. The van der Waals surface area contributed by atoms with Crippen molar-refractivity contribution in [3.8, 4) is 6.07 Å². The van der Waals surface area contributed by atoms with Crippen LogP contribution in [-0.2, 0) is 11.3 Å². The summed E-state index contributed by atoms with van der Waals surface area (Å²) in [4.78, 5) is 18.1. The average molecular weight is 260 g/mol.